The molecular formula is C15H22FNO3. The van der Waals surface area contributed by atoms with Crippen LogP contribution < -0.4 is 0 Å². The molecule has 4 nitrogen and oxygen atoms in total. The zero-order chi connectivity index (χ0) is 14.4. The van der Waals surface area contributed by atoms with E-state index in [2.05, 4.69) is 4.90 Å². The summed E-state index contributed by atoms with van der Waals surface area (Å²) in [4.78, 5) is 2.28. The van der Waals surface area contributed by atoms with E-state index in [-0.39, 0.29) is 24.6 Å². The third-order valence-corrected chi connectivity index (χ3v) is 3.37. The second-order valence-corrected chi connectivity index (χ2v) is 5.08. The quantitative estimate of drug-likeness (QED) is 0.805. The van der Waals surface area contributed by atoms with Gasteiger partial charge in [-0.05, 0) is 24.6 Å². The van der Waals surface area contributed by atoms with E-state index in [0.29, 0.717) is 13.2 Å². The van der Waals surface area contributed by atoms with Gasteiger partial charge in [0.05, 0.1) is 32.0 Å². The maximum atomic E-state index is 13.0. The fraction of sp³-hybridized carbons (Fsp3) is 0.600. The van der Waals surface area contributed by atoms with Crippen LogP contribution in [0.25, 0.3) is 0 Å². The molecule has 5 heteroatoms. The van der Waals surface area contributed by atoms with Gasteiger partial charge in [-0.25, -0.2) is 4.39 Å². The molecule has 0 spiro atoms. The molecule has 1 N–H and O–H groups in total. The molecule has 2 unspecified atom stereocenters. The van der Waals surface area contributed by atoms with Gasteiger partial charge in [0.1, 0.15) is 5.82 Å². The number of aliphatic hydroxyl groups is 1. The zero-order valence-corrected chi connectivity index (χ0v) is 11.8. The largest absolute Gasteiger partial charge is 0.394 e. The van der Waals surface area contributed by atoms with Gasteiger partial charge in [-0.3, -0.25) is 4.90 Å². The molecule has 1 aliphatic rings. The van der Waals surface area contributed by atoms with Crippen LogP contribution in [-0.4, -0.2) is 55.6 Å². The molecule has 0 aromatic heterocycles. The summed E-state index contributed by atoms with van der Waals surface area (Å²) >= 11 is 0. The van der Waals surface area contributed by atoms with Crippen molar-refractivity contribution in [1.29, 1.82) is 0 Å². The van der Waals surface area contributed by atoms with Crippen LogP contribution in [0.2, 0.25) is 0 Å². The summed E-state index contributed by atoms with van der Waals surface area (Å²) in [5.41, 5.74) is 0.999. The molecule has 2 atom stereocenters. The lowest BCUT2D eigenvalue weighted by atomic mass is 10.1. The van der Waals surface area contributed by atoms with Crippen molar-refractivity contribution in [3.8, 4) is 0 Å². The summed E-state index contributed by atoms with van der Waals surface area (Å²) in [6.45, 7) is 5.52. The topological polar surface area (TPSA) is 41.9 Å². The minimum Gasteiger partial charge on any atom is -0.394 e. The number of aliphatic hydroxyl groups excluding tert-OH is 1. The number of rotatable bonds is 6. The van der Waals surface area contributed by atoms with Gasteiger partial charge in [-0.1, -0.05) is 12.1 Å². The lowest BCUT2D eigenvalue weighted by molar-refractivity contribution is -0.0839. The van der Waals surface area contributed by atoms with Crippen LogP contribution in [0.4, 0.5) is 4.39 Å². The summed E-state index contributed by atoms with van der Waals surface area (Å²) < 4.78 is 24.2. The number of morpholine rings is 1. The van der Waals surface area contributed by atoms with Crippen LogP contribution in [0.5, 0.6) is 0 Å². The molecule has 1 aromatic carbocycles. The lowest BCUT2D eigenvalue weighted by Crippen LogP contribution is -2.44. The molecule has 0 saturated carbocycles. The first-order valence-corrected chi connectivity index (χ1v) is 7.01. The van der Waals surface area contributed by atoms with E-state index in [1.807, 2.05) is 6.92 Å². The van der Waals surface area contributed by atoms with Crippen LogP contribution in [-0.2, 0) is 9.47 Å². The number of halogens is 1. The van der Waals surface area contributed by atoms with Crippen LogP contribution in [0, 0.1) is 5.82 Å². The smallest absolute Gasteiger partial charge is 0.123 e. The van der Waals surface area contributed by atoms with Crippen molar-refractivity contribution >= 4 is 0 Å². The Morgan fingerprint density at radius 2 is 2.05 bits per heavy atom. The van der Waals surface area contributed by atoms with Crippen LogP contribution in [0.15, 0.2) is 24.3 Å². The van der Waals surface area contributed by atoms with Crippen LogP contribution in [0.3, 0.4) is 0 Å². The van der Waals surface area contributed by atoms with Crippen LogP contribution in [0.1, 0.15) is 18.6 Å². The number of hydrogen-bond acceptors (Lipinski definition) is 4. The van der Waals surface area contributed by atoms with Gasteiger partial charge in [-0.15, -0.1) is 0 Å². The predicted molar refractivity (Wildman–Crippen MR) is 74.0 cm³/mol. The highest BCUT2D eigenvalue weighted by Gasteiger charge is 2.26. The van der Waals surface area contributed by atoms with Gasteiger partial charge >= 0.3 is 0 Å². The summed E-state index contributed by atoms with van der Waals surface area (Å²) in [6.07, 6.45) is 0.105. The molecule has 1 aromatic rings. The predicted octanol–water partition coefficient (Wildman–Crippen LogP) is 1.60. The molecule has 0 radical (unpaired) electrons. The Kier molecular flexibility index (Phi) is 5.91. The summed E-state index contributed by atoms with van der Waals surface area (Å²) in [7, 11) is 0. The monoisotopic (exact) mass is 283 g/mol. The maximum absolute atomic E-state index is 13.0. The van der Waals surface area contributed by atoms with Crippen molar-refractivity contribution in [2.24, 2.45) is 0 Å². The lowest BCUT2D eigenvalue weighted by Gasteiger charge is -2.37. The van der Waals surface area contributed by atoms with Crippen molar-refractivity contribution in [2.75, 3.05) is 39.5 Å². The first-order valence-electron chi connectivity index (χ1n) is 7.01. The average molecular weight is 283 g/mol. The Labute approximate surface area is 119 Å². The van der Waals surface area contributed by atoms with E-state index in [0.717, 1.165) is 25.2 Å². The second kappa shape index (κ2) is 7.69. The Morgan fingerprint density at radius 1 is 1.30 bits per heavy atom. The standard InChI is InChI=1S/C15H22FNO3/c1-12-10-17(6-8-19-9-7-18)11-15(20-12)13-2-4-14(16)5-3-13/h2-5,12,15,18H,6-11H2,1H3. The molecule has 1 fully saturated rings. The van der Waals surface area contributed by atoms with Gasteiger partial charge in [0.15, 0.2) is 0 Å². The second-order valence-electron chi connectivity index (χ2n) is 5.08. The van der Waals surface area contributed by atoms with Gasteiger partial charge in [-0.2, -0.15) is 0 Å². The summed E-state index contributed by atoms with van der Waals surface area (Å²) in [6, 6.07) is 6.48. The number of nitrogens with zero attached hydrogens (tertiary/aromatic N) is 1. The minimum absolute atomic E-state index is 0.0304. The first-order chi connectivity index (χ1) is 9.69. The van der Waals surface area contributed by atoms with E-state index in [4.69, 9.17) is 14.6 Å². The highest BCUT2D eigenvalue weighted by Crippen LogP contribution is 2.25. The Bertz CT molecular complexity index is 399. The van der Waals surface area contributed by atoms with Crippen molar-refractivity contribution in [1.82, 2.24) is 4.90 Å². The van der Waals surface area contributed by atoms with E-state index in [9.17, 15) is 4.39 Å². The van der Waals surface area contributed by atoms with E-state index in [1.165, 1.54) is 12.1 Å². The average Bonchev–Trinajstić information content (AvgIpc) is 2.44. The van der Waals surface area contributed by atoms with Crippen LogP contribution >= 0.6 is 0 Å². The van der Waals surface area contributed by atoms with Crippen molar-refractivity contribution in [2.45, 2.75) is 19.1 Å². The third-order valence-electron chi connectivity index (χ3n) is 3.37. The molecule has 1 heterocycles. The van der Waals surface area contributed by atoms with Crippen molar-refractivity contribution in [3.63, 3.8) is 0 Å². The molecule has 20 heavy (non-hydrogen) atoms. The van der Waals surface area contributed by atoms with E-state index < -0.39 is 0 Å². The zero-order valence-electron chi connectivity index (χ0n) is 11.8. The maximum Gasteiger partial charge on any atom is 0.123 e. The molecule has 0 amide bonds. The third kappa shape index (κ3) is 4.52. The molecule has 0 bridgehead atoms. The van der Waals surface area contributed by atoms with E-state index >= 15 is 0 Å². The Balaban J connectivity index is 1.88. The normalized spacial score (nSPS) is 23.9. The number of benzene rings is 1. The molecule has 0 aliphatic carbocycles. The van der Waals surface area contributed by atoms with E-state index in [1.54, 1.807) is 12.1 Å². The Hall–Kier alpha value is -1.01. The highest BCUT2D eigenvalue weighted by molar-refractivity contribution is 5.19. The fourth-order valence-electron chi connectivity index (χ4n) is 2.44. The van der Waals surface area contributed by atoms with Gasteiger partial charge in [0, 0.05) is 19.6 Å². The fourth-order valence-corrected chi connectivity index (χ4v) is 2.44. The van der Waals surface area contributed by atoms with Crippen molar-refractivity contribution in [3.05, 3.63) is 35.6 Å². The Morgan fingerprint density at radius 3 is 2.75 bits per heavy atom. The number of ether oxygens (including phenoxy) is 2. The summed E-state index contributed by atoms with van der Waals surface area (Å²) in [5.74, 6) is -0.230. The van der Waals surface area contributed by atoms with Gasteiger partial charge < -0.3 is 14.6 Å². The molecular weight excluding hydrogens is 261 g/mol. The first kappa shape index (κ1) is 15.4. The van der Waals surface area contributed by atoms with Gasteiger partial charge in [0.25, 0.3) is 0 Å². The SMILES string of the molecule is CC1CN(CCOCCO)CC(c2ccc(F)cc2)O1. The van der Waals surface area contributed by atoms with Crippen molar-refractivity contribution < 1.29 is 19.0 Å². The molecule has 2 rings (SSSR count). The summed E-state index contributed by atoms with van der Waals surface area (Å²) in [5, 5.41) is 8.67. The molecule has 112 valence electrons. The molecule has 1 aliphatic heterocycles. The number of hydrogen-bond donors (Lipinski definition) is 1. The van der Waals surface area contributed by atoms with Gasteiger partial charge in [0.2, 0.25) is 0 Å². The highest BCUT2D eigenvalue weighted by atomic mass is 19.1. The minimum atomic E-state index is -0.230. The molecule has 1 saturated heterocycles.